The molecule has 0 aliphatic carbocycles. The number of rotatable bonds is 5. The molecule has 29 heavy (non-hydrogen) atoms. The van der Waals surface area contributed by atoms with Gasteiger partial charge in [0.1, 0.15) is 10.8 Å². The molecule has 1 aromatic heterocycles. The van der Waals surface area contributed by atoms with E-state index in [1.54, 1.807) is 17.9 Å². The summed E-state index contributed by atoms with van der Waals surface area (Å²) in [5.74, 6) is -1.27. The summed E-state index contributed by atoms with van der Waals surface area (Å²) >= 11 is 1.44. The quantitative estimate of drug-likeness (QED) is 0.583. The van der Waals surface area contributed by atoms with E-state index in [4.69, 9.17) is 4.74 Å². The zero-order chi connectivity index (χ0) is 20.5. The Morgan fingerprint density at radius 2 is 2.14 bits per heavy atom. The van der Waals surface area contributed by atoms with Crippen molar-refractivity contribution in [3.05, 3.63) is 58.3 Å². The number of esters is 1. The van der Waals surface area contributed by atoms with Crippen LogP contribution in [0, 0.1) is 18.7 Å². The summed E-state index contributed by atoms with van der Waals surface area (Å²) < 4.78 is 19.4. The Kier molecular flexibility index (Phi) is 5.32. The highest BCUT2D eigenvalue weighted by Crippen LogP contribution is 2.35. The van der Waals surface area contributed by atoms with E-state index in [1.165, 1.54) is 23.5 Å². The molecular formula is C22H21FN2O3S. The van der Waals surface area contributed by atoms with Gasteiger partial charge in [-0.25, -0.2) is 9.37 Å². The van der Waals surface area contributed by atoms with E-state index < -0.39 is 5.92 Å². The van der Waals surface area contributed by atoms with E-state index in [0.717, 1.165) is 26.5 Å². The average molecular weight is 412 g/mol. The molecule has 1 aliphatic rings. The number of nitrogens with zero attached hydrogens (tertiary/aromatic N) is 2. The standard InChI is InChI=1S/C22H21FN2O3S/c1-3-28-21(26)10-15-9-14-8-13(2)4-6-18(14)25(22(15)27)12-20-24-17-11-16(23)5-7-19(17)29-20/h4-8,11,15H,3,9-10,12H2,1-2H3. The van der Waals surface area contributed by atoms with E-state index in [9.17, 15) is 14.0 Å². The second kappa shape index (κ2) is 7.91. The SMILES string of the molecule is CCOC(=O)CC1Cc2cc(C)ccc2N(Cc2nc3cc(F)ccc3s2)C1=O. The zero-order valence-electron chi connectivity index (χ0n) is 16.3. The van der Waals surface area contributed by atoms with Crippen molar-refractivity contribution in [2.45, 2.75) is 33.2 Å². The number of carbonyl (C=O) groups excluding carboxylic acids is 2. The van der Waals surface area contributed by atoms with Gasteiger partial charge >= 0.3 is 5.97 Å². The number of hydrogen-bond donors (Lipinski definition) is 0. The van der Waals surface area contributed by atoms with Crippen LogP contribution in [0.1, 0.15) is 29.5 Å². The topological polar surface area (TPSA) is 59.5 Å². The average Bonchev–Trinajstić information content (AvgIpc) is 3.06. The monoisotopic (exact) mass is 412 g/mol. The summed E-state index contributed by atoms with van der Waals surface area (Å²) in [4.78, 5) is 31.4. The van der Waals surface area contributed by atoms with Crippen LogP contribution in [-0.2, 0) is 27.3 Å². The molecule has 0 N–H and O–H groups in total. The lowest BCUT2D eigenvalue weighted by Crippen LogP contribution is -2.42. The number of aryl methyl sites for hydroxylation is 1. The minimum atomic E-state index is -0.463. The molecule has 0 bridgehead atoms. The van der Waals surface area contributed by atoms with Crippen molar-refractivity contribution in [2.24, 2.45) is 5.92 Å². The second-order valence-electron chi connectivity index (χ2n) is 7.19. The van der Waals surface area contributed by atoms with Gasteiger partial charge < -0.3 is 9.64 Å². The van der Waals surface area contributed by atoms with Gasteiger partial charge in [-0.15, -0.1) is 11.3 Å². The molecule has 1 atom stereocenters. The number of fused-ring (bicyclic) bond motifs is 2. The van der Waals surface area contributed by atoms with Crippen LogP contribution in [0.2, 0.25) is 0 Å². The first-order valence-electron chi connectivity index (χ1n) is 9.56. The molecule has 2 heterocycles. The Morgan fingerprint density at radius 3 is 2.93 bits per heavy atom. The molecular weight excluding hydrogens is 391 g/mol. The maximum absolute atomic E-state index is 13.5. The van der Waals surface area contributed by atoms with E-state index in [2.05, 4.69) is 11.1 Å². The van der Waals surface area contributed by atoms with Crippen LogP contribution in [0.5, 0.6) is 0 Å². The Hall–Kier alpha value is -2.80. The van der Waals surface area contributed by atoms with Crippen LogP contribution in [0.3, 0.4) is 0 Å². The maximum atomic E-state index is 13.5. The van der Waals surface area contributed by atoms with Gasteiger partial charge in [-0.2, -0.15) is 0 Å². The first-order chi connectivity index (χ1) is 13.9. The fraction of sp³-hybridized carbons (Fsp3) is 0.318. The number of carbonyl (C=O) groups is 2. The number of hydrogen-bond acceptors (Lipinski definition) is 5. The Morgan fingerprint density at radius 1 is 1.31 bits per heavy atom. The molecule has 1 amide bonds. The summed E-state index contributed by atoms with van der Waals surface area (Å²) in [6, 6.07) is 10.5. The highest BCUT2D eigenvalue weighted by atomic mass is 32.1. The number of benzene rings is 2. The number of anilines is 1. The lowest BCUT2D eigenvalue weighted by molar-refractivity contribution is -0.146. The predicted molar refractivity (Wildman–Crippen MR) is 110 cm³/mol. The van der Waals surface area contributed by atoms with E-state index in [0.29, 0.717) is 18.5 Å². The summed E-state index contributed by atoms with van der Waals surface area (Å²) in [6.07, 6.45) is 0.567. The molecule has 7 heteroatoms. The summed E-state index contributed by atoms with van der Waals surface area (Å²) in [5, 5.41) is 0.724. The first kappa shape index (κ1) is 19.5. The van der Waals surface area contributed by atoms with Crippen molar-refractivity contribution < 1.29 is 18.7 Å². The van der Waals surface area contributed by atoms with Crippen LogP contribution >= 0.6 is 11.3 Å². The third-order valence-corrected chi connectivity index (χ3v) is 6.03. The van der Waals surface area contributed by atoms with Crippen LogP contribution < -0.4 is 4.90 Å². The molecule has 3 aromatic rings. The lowest BCUT2D eigenvalue weighted by Gasteiger charge is -2.33. The molecule has 150 valence electrons. The van der Waals surface area contributed by atoms with Crippen LogP contribution in [-0.4, -0.2) is 23.5 Å². The third kappa shape index (κ3) is 4.00. The number of aromatic nitrogens is 1. The van der Waals surface area contributed by atoms with Gasteiger partial charge in [-0.3, -0.25) is 9.59 Å². The summed E-state index contributed by atoms with van der Waals surface area (Å²) in [7, 11) is 0. The minimum absolute atomic E-state index is 0.0572. The Bertz CT molecular complexity index is 1090. The smallest absolute Gasteiger partial charge is 0.306 e. The van der Waals surface area contributed by atoms with Crippen molar-refractivity contribution in [1.82, 2.24) is 4.98 Å². The number of ether oxygens (including phenoxy) is 1. The van der Waals surface area contributed by atoms with Crippen LogP contribution in [0.15, 0.2) is 36.4 Å². The minimum Gasteiger partial charge on any atom is -0.466 e. The van der Waals surface area contributed by atoms with Crippen molar-refractivity contribution in [3.63, 3.8) is 0 Å². The molecule has 0 saturated carbocycles. The Balaban J connectivity index is 1.67. The van der Waals surface area contributed by atoms with Crippen molar-refractivity contribution in [2.75, 3.05) is 11.5 Å². The fourth-order valence-corrected chi connectivity index (χ4v) is 4.66. The van der Waals surface area contributed by atoms with Gasteiger partial charge in [-0.05, 0) is 44.0 Å². The highest BCUT2D eigenvalue weighted by molar-refractivity contribution is 7.18. The van der Waals surface area contributed by atoms with E-state index >= 15 is 0 Å². The van der Waals surface area contributed by atoms with Crippen LogP contribution in [0.25, 0.3) is 10.2 Å². The zero-order valence-corrected chi connectivity index (χ0v) is 17.1. The van der Waals surface area contributed by atoms with Gasteiger partial charge in [0.25, 0.3) is 0 Å². The van der Waals surface area contributed by atoms with E-state index in [1.807, 2.05) is 19.1 Å². The van der Waals surface area contributed by atoms with Gasteiger partial charge in [0.15, 0.2) is 0 Å². The maximum Gasteiger partial charge on any atom is 0.306 e. The predicted octanol–water partition coefficient (Wildman–Crippen LogP) is 4.40. The number of thiazole rings is 1. The third-order valence-electron chi connectivity index (χ3n) is 5.01. The van der Waals surface area contributed by atoms with Crippen molar-refractivity contribution in [1.29, 1.82) is 0 Å². The summed E-state index contributed by atoms with van der Waals surface area (Å²) in [5.41, 5.74) is 3.56. The fourth-order valence-electron chi connectivity index (χ4n) is 3.73. The molecule has 1 unspecified atom stereocenters. The normalized spacial score (nSPS) is 16.2. The van der Waals surface area contributed by atoms with Gasteiger partial charge in [0, 0.05) is 11.8 Å². The first-order valence-corrected chi connectivity index (χ1v) is 10.4. The molecule has 5 nitrogen and oxygen atoms in total. The van der Waals surface area contributed by atoms with Gasteiger partial charge in [0.2, 0.25) is 5.91 Å². The van der Waals surface area contributed by atoms with Crippen molar-refractivity contribution >= 4 is 39.1 Å². The lowest BCUT2D eigenvalue weighted by atomic mass is 9.88. The molecule has 0 saturated heterocycles. The largest absolute Gasteiger partial charge is 0.466 e. The van der Waals surface area contributed by atoms with E-state index in [-0.39, 0.29) is 30.7 Å². The molecule has 4 rings (SSSR count). The highest BCUT2D eigenvalue weighted by Gasteiger charge is 2.35. The molecule has 0 fully saturated rings. The molecule has 2 aromatic carbocycles. The van der Waals surface area contributed by atoms with Gasteiger partial charge in [0.05, 0.1) is 35.7 Å². The molecule has 0 radical (unpaired) electrons. The van der Waals surface area contributed by atoms with Crippen LogP contribution in [0.4, 0.5) is 10.1 Å². The number of amides is 1. The van der Waals surface area contributed by atoms with Gasteiger partial charge in [-0.1, -0.05) is 17.7 Å². The molecule has 1 aliphatic heterocycles. The van der Waals surface area contributed by atoms with Crippen molar-refractivity contribution in [3.8, 4) is 0 Å². The number of halogens is 1. The summed E-state index contributed by atoms with van der Waals surface area (Å²) in [6.45, 7) is 4.33. The Labute approximate surface area is 172 Å². The molecule has 0 spiro atoms. The second-order valence-corrected chi connectivity index (χ2v) is 8.30.